The van der Waals surface area contributed by atoms with E-state index in [2.05, 4.69) is 29.1 Å². The fourth-order valence-corrected chi connectivity index (χ4v) is 2.54. The van der Waals surface area contributed by atoms with Crippen LogP contribution in [0.5, 0.6) is 0 Å². The number of hydrogen-bond acceptors (Lipinski definition) is 3. The molecule has 0 aromatic carbocycles. The van der Waals surface area contributed by atoms with E-state index in [1.807, 2.05) is 6.92 Å². The van der Waals surface area contributed by atoms with Crippen molar-refractivity contribution in [1.29, 1.82) is 0 Å². The van der Waals surface area contributed by atoms with Gasteiger partial charge in [-0.25, -0.2) is 4.98 Å². The van der Waals surface area contributed by atoms with Crippen LogP contribution in [-0.2, 0) is 0 Å². The molecule has 0 bridgehead atoms. The van der Waals surface area contributed by atoms with Crippen LogP contribution in [-0.4, -0.2) is 21.9 Å². The number of aromatic nitrogens is 2. The van der Waals surface area contributed by atoms with Gasteiger partial charge in [0.2, 0.25) is 0 Å². The highest BCUT2D eigenvalue weighted by atomic mass is 16.1. The highest BCUT2D eigenvalue weighted by Gasteiger charge is 2.28. The van der Waals surface area contributed by atoms with Crippen molar-refractivity contribution in [1.82, 2.24) is 15.3 Å². The first-order valence-corrected chi connectivity index (χ1v) is 6.67. The van der Waals surface area contributed by atoms with E-state index in [-0.39, 0.29) is 11.9 Å². The zero-order chi connectivity index (χ0) is 13.1. The van der Waals surface area contributed by atoms with E-state index in [1.165, 1.54) is 12.8 Å². The highest BCUT2D eigenvalue weighted by Crippen LogP contribution is 2.29. The molecule has 0 unspecified atom stereocenters. The Morgan fingerprint density at radius 3 is 2.72 bits per heavy atom. The van der Waals surface area contributed by atoms with Gasteiger partial charge >= 0.3 is 0 Å². The molecule has 4 nitrogen and oxygen atoms in total. The summed E-state index contributed by atoms with van der Waals surface area (Å²) in [5.41, 5.74) is 1.23. The second-order valence-electron chi connectivity index (χ2n) is 5.39. The maximum absolute atomic E-state index is 12.1. The Morgan fingerprint density at radius 2 is 2.06 bits per heavy atom. The molecule has 1 N–H and O–H groups in total. The summed E-state index contributed by atoms with van der Waals surface area (Å²) in [6.07, 6.45) is 6.69. The monoisotopic (exact) mass is 247 g/mol. The molecule has 1 amide bonds. The Morgan fingerprint density at radius 1 is 1.28 bits per heavy atom. The Kier molecular flexibility index (Phi) is 3.94. The van der Waals surface area contributed by atoms with Gasteiger partial charge in [0.15, 0.2) is 0 Å². The molecule has 0 spiro atoms. The number of rotatable bonds is 2. The van der Waals surface area contributed by atoms with Crippen LogP contribution in [0.2, 0.25) is 0 Å². The zero-order valence-corrected chi connectivity index (χ0v) is 11.3. The summed E-state index contributed by atoms with van der Waals surface area (Å²) in [7, 11) is 0. The van der Waals surface area contributed by atoms with Gasteiger partial charge in [0, 0.05) is 12.2 Å². The lowest BCUT2D eigenvalue weighted by Gasteiger charge is -2.34. The Labute approximate surface area is 108 Å². The van der Waals surface area contributed by atoms with Crippen LogP contribution in [0.3, 0.4) is 0 Å². The second-order valence-corrected chi connectivity index (χ2v) is 5.39. The Balaban J connectivity index is 2.00. The highest BCUT2D eigenvalue weighted by molar-refractivity contribution is 5.92. The Bertz CT molecular complexity index is 416. The molecule has 4 heteroatoms. The molecule has 0 radical (unpaired) electrons. The van der Waals surface area contributed by atoms with Crippen molar-refractivity contribution in [3.63, 3.8) is 0 Å². The third-order valence-corrected chi connectivity index (χ3v) is 4.04. The summed E-state index contributed by atoms with van der Waals surface area (Å²) in [6.45, 7) is 6.34. The summed E-state index contributed by atoms with van der Waals surface area (Å²) in [5.74, 6) is 1.10. The molecule has 0 aliphatic heterocycles. The van der Waals surface area contributed by atoms with Crippen LogP contribution < -0.4 is 5.32 Å². The van der Waals surface area contributed by atoms with Crippen LogP contribution in [0, 0.1) is 18.8 Å². The molecule has 3 atom stereocenters. The fourth-order valence-electron chi connectivity index (χ4n) is 2.54. The van der Waals surface area contributed by atoms with Gasteiger partial charge in [-0.2, -0.15) is 0 Å². The van der Waals surface area contributed by atoms with Crippen LogP contribution in [0.1, 0.15) is 49.3 Å². The number of hydrogen-bond donors (Lipinski definition) is 1. The average molecular weight is 247 g/mol. The third-order valence-electron chi connectivity index (χ3n) is 4.04. The fraction of sp³-hybridized carbons (Fsp3) is 0.643. The minimum Gasteiger partial charge on any atom is -0.348 e. The second kappa shape index (κ2) is 5.46. The van der Waals surface area contributed by atoms with Crippen molar-refractivity contribution < 1.29 is 4.79 Å². The smallest absolute Gasteiger partial charge is 0.271 e. The van der Waals surface area contributed by atoms with Gasteiger partial charge in [-0.1, -0.05) is 26.7 Å². The summed E-state index contributed by atoms with van der Waals surface area (Å²) in [4.78, 5) is 20.3. The van der Waals surface area contributed by atoms with E-state index in [9.17, 15) is 4.79 Å². The first-order valence-electron chi connectivity index (χ1n) is 6.67. The summed E-state index contributed by atoms with van der Waals surface area (Å²) in [6, 6.07) is 0.268. The number of amides is 1. The molecule has 1 aromatic rings. The molecule has 1 fully saturated rings. The summed E-state index contributed by atoms with van der Waals surface area (Å²) in [5, 5.41) is 3.09. The molecule has 1 aromatic heterocycles. The first-order chi connectivity index (χ1) is 8.58. The van der Waals surface area contributed by atoms with Crippen LogP contribution in [0.25, 0.3) is 0 Å². The van der Waals surface area contributed by atoms with Crippen molar-refractivity contribution in [2.24, 2.45) is 11.8 Å². The van der Waals surface area contributed by atoms with E-state index >= 15 is 0 Å². The van der Waals surface area contributed by atoms with Crippen molar-refractivity contribution in [3.8, 4) is 0 Å². The number of carbonyl (C=O) groups is 1. The molecule has 1 heterocycles. The third kappa shape index (κ3) is 2.86. The van der Waals surface area contributed by atoms with Crippen molar-refractivity contribution in [3.05, 3.63) is 23.8 Å². The van der Waals surface area contributed by atoms with Gasteiger partial charge in [0.25, 0.3) is 5.91 Å². The van der Waals surface area contributed by atoms with E-state index in [0.29, 0.717) is 17.5 Å². The average Bonchev–Trinajstić information content (AvgIpc) is 2.36. The van der Waals surface area contributed by atoms with Crippen LogP contribution >= 0.6 is 0 Å². The SMILES string of the molecule is Cc1cnc(C(=O)N[C@@H]2CCC[C@H](C)[C@@H]2C)cn1. The molecule has 1 saturated carbocycles. The first kappa shape index (κ1) is 13.0. The van der Waals surface area contributed by atoms with Crippen molar-refractivity contribution >= 4 is 5.91 Å². The normalized spacial score (nSPS) is 27.8. The number of nitrogens with one attached hydrogen (secondary N) is 1. The van der Waals surface area contributed by atoms with Crippen LogP contribution in [0.15, 0.2) is 12.4 Å². The molecule has 0 saturated heterocycles. The Hall–Kier alpha value is -1.45. The van der Waals surface area contributed by atoms with E-state index in [0.717, 1.165) is 12.1 Å². The van der Waals surface area contributed by atoms with Gasteiger partial charge in [-0.05, 0) is 25.2 Å². The van der Waals surface area contributed by atoms with Crippen molar-refractivity contribution in [2.75, 3.05) is 0 Å². The summed E-state index contributed by atoms with van der Waals surface area (Å²) >= 11 is 0. The molecule has 1 aliphatic rings. The lowest BCUT2D eigenvalue weighted by Crippen LogP contribution is -2.43. The lowest BCUT2D eigenvalue weighted by molar-refractivity contribution is 0.0885. The number of aryl methyl sites for hydroxylation is 1. The van der Waals surface area contributed by atoms with Crippen molar-refractivity contribution in [2.45, 2.75) is 46.1 Å². The van der Waals surface area contributed by atoms with E-state index < -0.39 is 0 Å². The topological polar surface area (TPSA) is 54.9 Å². The van der Waals surface area contributed by atoms with Gasteiger partial charge < -0.3 is 5.32 Å². The van der Waals surface area contributed by atoms with Gasteiger partial charge in [0.1, 0.15) is 5.69 Å². The number of carbonyl (C=O) groups excluding carboxylic acids is 1. The van der Waals surface area contributed by atoms with Gasteiger partial charge in [-0.3, -0.25) is 9.78 Å². The molecule has 98 valence electrons. The minimum absolute atomic E-state index is 0.103. The predicted octanol–water partition coefficient (Wildman–Crippen LogP) is 2.34. The zero-order valence-electron chi connectivity index (χ0n) is 11.3. The predicted molar refractivity (Wildman–Crippen MR) is 70.2 cm³/mol. The largest absolute Gasteiger partial charge is 0.348 e. The van der Waals surface area contributed by atoms with E-state index in [1.54, 1.807) is 12.4 Å². The summed E-state index contributed by atoms with van der Waals surface area (Å²) < 4.78 is 0. The maximum Gasteiger partial charge on any atom is 0.271 e. The standard InChI is InChI=1S/C14H21N3O/c1-9-5-4-6-12(11(9)3)17-14(18)13-8-15-10(2)7-16-13/h7-9,11-12H,4-6H2,1-3H3,(H,17,18)/t9-,11-,12+/m0/s1. The minimum atomic E-state index is -0.103. The van der Waals surface area contributed by atoms with Crippen LogP contribution in [0.4, 0.5) is 0 Å². The number of nitrogens with zero attached hydrogens (tertiary/aromatic N) is 2. The maximum atomic E-state index is 12.1. The van der Waals surface area contributed by atoms with Gasteiger partial charge in [-0.15, -0.1) is 0 Å². The molecular weight excluding hydrogens is 226 g/mol. The lowest BCUT2D eigenvalue weighted by atomic mass is 9.78. The quantitative estimate of drug-likeness (QED) is 0.872. The molecular formula is C14H21N3O. The molecule has 1 aliphatic carbocycles. The molecule has 2 rings (SSSR count). The van der Waals surface area contributed by atoms with Gasteiger partial charge in [0.05, 0.1) is 11.9 Å². The van der Waals surface area contributed by atoms with E-state index in [4.69, 9.17) is 0 Å². The molecule has 18 heavy (non-hydrogen) atoms.